The normalized spacial score (nSPS) is 11.6. The maximum atomic E-state index is 11.7. The first-order chi connectivity index (χ1) is 17.2. The monoisotopic (exact) mass is 515 g/mol. The van der Waals surface area contributed by atoms with Gasteiger partial charge in [0.2, 0.25) is 5.91 Å². The van der Waals surface area contributed by atoms with Crippen LogP contribution in [-0.2, 0) is 14.4 Å². The number of rotatable bonds is 24. The highest BCUT2D eigenvalue weighted by atomic mass is 16.4. The fourth-order valence-electron chi connectivity index (χ4n) is 3.77. The molecule has 0 heterocycles. The molecule has 0 bridgehead atoms. The minimum atomic E-state index is -1.17. The highest BCUT2D eigenvalue weighted by molar-refractivity contribution is 5.75. The maximum absolute atomic E-state index is 11.7. The van der Waals surface area contributed by atoms with Crippen molar-refractivity contribution < 1.29 is 24.6 Å². The molecule has 0 rings (SSSR count). The zero-order valence-electron chi connectivity index (χ0n) is 23.6. The van der Waals surface area contributed by atoms with Crippen molar-refractivity contribution in [3.63, 3.8) is 0 Å². The van der Waals surface area contributed by atoms with Crippen LogP contribution in [0, 0.1) is 0 Å². The van der Waals surface area contributed by atoms with Gasteiger partial charge < -0.3 is 26.2 Å². The van der Waals surface area contributed by atoms with Crippen molar-refractivity contribution in [2.75, 3.05) is 27.2 Å². The fourth-order valence-corrected chi connectivity index (χ4v) is 3.77. The summed E-state index contributed by atoms with van der Waals surface area (Å²) in [7, 11) is 4.13. The molecule has 0 aromatic rings. The van der Waals surface area contributed by atoms with Crippen LogP contribution in [0.2, 0.25) is 0 Å². The van der Waals surface area contributed by atoms with Crippen molar-refractivity contribution in [3.8, 4) is 0 Å². The van der Waals surface area contributed by atoms with E-state index in [0.29, 0.717) is 6.42 Å². The lowest BCUT2D eigenvalue weighted by molar-refractivity contribution is -0.139. The van der Waals surface area contributed by atoms with Crippen molar-refractivity contribution in [2.45, 2.75) is 135 Å². The third kappa shape index (κ3) is 32.3. The third-order valence-electron chi connectivity index (χ3n) is 6.10. The Morgan fingerprint density at radius 3 is 1.56 bits per heavy atom. The minimum Gasteiger partial charge on any atom is -0.481 e. The van der Waals surface area contributed by atoms with Crippen LogP contribution in [-0.4, -0.2) is 66.2 Å². The second-order valence-electron chi connectivity index (χ2n) is 10.1. The summed E-state index contributed by atoms with van der Waals surface area (Å²) in [4.78, 5) is 33.7. The summed E-state index contributed by atoms with van der Waals surface area (Å²) in [6, 6.07) is -1.06. The van der Waals surface area contributed by atoms with Gasteiger partial charge in [0.15, 0.2) is 0 Å². The Kier molecular flexibility index (Phi) is 28.3. The molecule has 0 radical (unpaired) electrons. The van der Waals surface area contributed by atoms with E-state index in [2.05, 4.69) is 31.2 Å². The van der Waals surface area contributed by atoms with Gasteiger partial charge in [0.25, 0.3) is 0 Å². The lowest BCUT2D eigenvalue weighted by atomic mass is 10.0. The number of nitrogens with one attached hydrogen (secondary N) is 1. The summed E-state index contributed by atoms with van der Waals surface area (Å²) in [6.07, 6.45) is 22.1. The van der Waals surface area contributed by atoms with Gasteiger partial charge in [-0.1, -0.05) is 96.8 Å². The molecule has 214 valence electrons. The molecular weight excluding hydrogens is 458 g/mol. The Hall–Kier alpha value is -1.67. The molecular formula is C28H57N3O5. The zero-order chi connectivity index (χ0) is 27.4. The van der Waals surface area contributed by atoms with E-state index in [1.165, 1.54) is 89.9 Å². The van der Waals surface area contributed by atoms with Crippen molar-refractivity contribution >= 4 is 17.8 Å². The second kappa shape index (κ2) is 27.9. The molecule has 0 aliphatic heterocycles. The molecule has 1 atom stereocenters. The molecule has 0 aliphatic rings. The summed E-state index contributed by atoms with van der Waals surface area (Å²) in [5, 5.41) is 19.3. The molecule has 8 nitrogen and oxygen atoms in total. The molecule has 8 heteroatoms. The standard InChI is InChI=1S/C23H48N2O.C5H9NO4/c1-4-5-6-7-8-9-10-11-12-13-14-15-16-17-18-20-23(26)24-21-19-22-25(2)3;6-3(5(9)10)1-2-4(7)8/h4-22H2,1-3H3,(H,24,26);3H,1-2,6H2,(H,7,8)(H,9,10)/t;3-/m.0/s1. The summed E-state index contributed by atoms with van der Waals surface area (Å²) in [5.74, 6) is -1.96. The molecule has 1 amide bonds. The van der Waals surface area contributed by atoms with Crippen LogP contribution in [0.25, 0.3) is 0 Å². The largest absolute Gasteiger partial charge is 0.481 e. The van der Waals surface area contributed by atoms with Crippen LogP contribution in [0.15, 0.2) is 0 Å². The highest BCUT2D eigenvalue weighted by Gasteiger charge is 2.12. The molecule has 0 aromatic heterocycles. The maximum Gasteiger partial charge on any atom is 0.320 e. The van der Waals surface area contributed by atoms with Crippen molar-refractivity contribution in [1.29, 1.82) is 0 Å². The Balaban J connectivity index is 0. The van der Waals surface area contributed by atoms with Gasteiger partial charge in [-0.3, -0.25) is 14.4 Å². The smallest absolute Gasteiger partial charge is 0.320 e. The van der Waals surface area contributed by atoms with E-state index in [4.69, 9.17) is 15.9 Å². The SMILES string of the molecule is CCCCCCCCCCCCCCCCCC(=O)NCCCN(C)C.N[C@@H](CCC(=O)O)C(=O)O. The number of aliphatic carboxylic acids is 2. The van der Waals surface area contributed by atoms with Crippen LogP contribution in [0.1, 0.15) is 129 Å². The molecule has 0 fully saturated rings. The topological polar surface area (TPSA) is 133 Å². The van der Waals surface area contributed by atoms with E-state index in [-0.39, 0.29) is 18.7 Å². The lowest BCUT2D eigenvalue weighted by Crippen LogP contribution is -2.30. The number of carboxylic acids is 2. The number of nitrogens with zero attached hydrogens (tertiary/aromatic N) is 1. The Morgan fingerprint density at radius 2 is 1.17 bits per heavy atom. The number of carboxylic acid groups (broad SMARTS) is 2. The van der Waals surface area contributed by atoms with E-state index >= 15 is 0 Å². The first-order valence-corrected chi connectivity index (χ1v) is 14.3. The van der Waals surface area contributed by atoms with Gasteiger partial charge in [-0.15, -0.1) is 0 Å². The van der Waals surface area contributed by atoms with Crippen LogP contribution < -0.4 is 11.1 Å². The predicted octanol–water partition coefficient (Wildman–Crippen LogP) is 5.58. The molecule has 5 N–H and O–H groups in total. The minimum absolute atomic E-state index is 0.0231. The Labute approximate surface area is 220 Å². The number of nitrogens with two attached hydrogens (primary N) is 1. The quantitative estimate of drug-likeness (QED) is 0.123. The molecule has 0 saturated heterocycles. The number of amides is 1. The average Bonchev–Trinajstić information content (AvgIpc) is 2.82. The van der Waals surface area contributed by atoms with Gasteiger partial charge in [0.1, 0.15) is 6.04 Å². The van der Waals surface area contributed by atoms with Gasteiger partial charge in [0.05, 0.1) is 0 Å². The van der Waals surface area contributed by atoms with E-state index in [1.807, 2.05) is 0 Å². The van der Waals surface area contributed by atoms with E-state index < -0.39 is 18.0 Å². The van der Waals surface area contributed by atoms with Crippen molar-refractivity contribution in [2.24, 2.45) is 5.73 Å². The van der Waals surface area contributed by atoms with E-state index in [1.54, 1.807) is 0 Å². The van der Waals surface area contributed by atoms with Gasteiger partial charge in [-0.2, -0.15) is 0 Å². The Bertz CT molecular complexity index is 529. The second-order valence-corrected chi connectivity index (χ2v) is 10.1. The number of carbonyl (C=O) groups is 3. The number of hydrogen-bond acceptors (Lipinski definition) is 5. The molecule has 0 unspecified atom stereocenters. The predicted molar refractivity (Wildman–Crippen MR) is 148 cm³/mol. The van der Waals surface area contributed by atoms with Gasteiger partial charge >= 0.3 is 11.9 Å². The summed E-state index contributed by atoms with van der Waals surface area (Å²) in [5.41, 5.74) is 5.00. The molecule has 0 spiro atoms. The molecule has 36 heavy (non-hydrogen) atoms. The Morgan fingerprint density at radius 1 is 0.722 bits per heavy atom. The van der Waals surface area contributed by atoms with Crippen LogP contribution in [0.3, 0.4) is 0 Å². The van der Waals surface area contributed by atoms with Crippen molar-refractivity contribution in [1.82, 2.24) is 10.2 Å². The lowest BCUT2D eigenvalue weighted by Gasteiger charge is -2.09. The first-order valence-electron chi connectivity index (χ1n) is 14.3. The van der Waals surface area contributed by atoms with Crippen LogP contribution >= 0.6 is 0 Å². The molecule has 0 saturated carbocycles. The number of carbonyl (C=O) groups excluding carboxylic acids is 1. The fraction of sp³-hybridized carbons (Fsp3) is 0.893. The average molecular weight is 516 g/mol. The molecule has 0 aliphatic carbocycles. The van der Waals surface area contributed by atoms with Gasteiger partial charge in [0, 0.05) is 19.4 Å². The summed E-state index contributed by atoms with van der Waals surface area (Å²) >= 11 is 0. The first kappa shape index (κ1) is 36.5. The molecule has 0 aromatic carbocycles. The van der Waals surface area contributed by atoms with E-state index in [0.717, 1.165) is 25.9 Å². The zero-order valence-corrected chi connectivity index (χ0v) is 23.6. The summed E-state index contributed by atoms with van der Waals surface area (Å²) in [6.45, 7) is 4.14. The van der Waals surface area contributed by atoms with Crippen LogP contribution in [0.4, 0.5) is 0 Å². The van der Waals surface area contributed by atoms with Crippen LogP contribution in [0.5, 0.6) is 0 Å². The van der Waals surface area contributed by atoms with Gasteiger partial charge in [-0.05, 0) is 39.9 Å². The summed E-state index contributed by atoms with van der Waals surface area (Å²) < 4.78 is 0. The third-order valence-corrected chi connectivity index (χ3v) is 6.10. The van der Waals surface area contributed by atoms with Gasteiger partial charge in [-0.25, -0.2) is 0 Å². The van der Waals surface area contributed by atoms with Crippen molar-refractivity contribution in [3.05, 3.63) is 0 Å². The highest BCUT2D eigenvalue weighted by Crippen LogP contribution is 2.13. The van der Waals surface area contributed by atoms with E-state index in [9.17, 15) is 14.4 Å². The number of hydrogen-bond donors (Lipinski definition) is 4. The number of unbranched alkanes of at least 4 members (excludes halogenated alkanes) is 14.